The third-order valence-corrected chi connectivity index (χ3v) is 4.34. The van der Waals surface area contributed by atoms with Crippen molar-refractivity contribution in [3.05, 3.63) is 59.9 Å². The number of Topliss-reactive ketones (excluding diaryl/α,β-unsaturated/α-hetero) is 1. The van der Waals surface area contributed by atoms with Gasteiger partial charge in [-0.2, -0.15) is 0 Å². The molecule has 6 nitrogen and oxygen atoms in total. The maximum atomic E-state index is 11.2. The second kappa shape index (κ2) is 8.54. The highest BCUT2D eigenvalue weighted by Gasteiger charge is 2.08. The van der Waals surface area contributed by atoms with Crippen LogP contribution in [0.3, 0.4) is 0 Å². The summed E-state index contributed by atoms with van der Waals surface area (Å²) in [6, 6.07) is 9.39. The number of ketones is 1. The van der Waals surface area contributed by atoms with Crippen LogP contribution in [-0.2, 0) is 9.84 Å². The van der Waals surface area contributed by atoms with Crippen LogP contribution in [-0.4, -0.2) is 36.6 Å². The Morgan fingerprint density at radius 2 is 1.83 bits per heavy atom. The van der Waals surface area contributed by atoms with E-state index >= 15 is 0 Å². The summed E-state index contributed by atoms with van der Waals surface area (Å²) < 4.78 is 22.2. The summed E-state index contributed by atoms with van der Waals surface area (Å²) >= 11 is 3.04. The van der Waals surface area contributed by atoms with E-state index in [9.17, 15) is 13.2 Å². The third-order valence-electron chi connectivity index (χ3n) is 2.70. The highest BCUT2D eigenvalue weighted by atomic mass is 79.9. The number of nitrogens with one attached hydrogen (secondary N) is 1. The number of sulfone groups is 1. The highest BCUT2D eigenvalue weighted by Crippen LogP contribution is 2.11. The first-order chi connectivity index (χ1) is 10.8. The monoisotopic (exact) mass is 397 g/mol. The second-order valence-corrected chi connectivity index (χ2v) is 7.09. The molecule has 0 bridgehead atoms. The number of benzene rings is 1. The van der Waals surface area contributed by atoms with Crippen molar-refractivity contribution in [2.75, 3.05) is 11.6 Å². The van der Waals surface area contributed by atoms with Crippen molar-refractivity contribution in [2.24, 2.45) is 5.73 Å². The first-order valence-corrected chi connectivity index (χ1v) is 9.40. The molecule has 0 aliphatic heterocycles. The van der Waals surface area contributed by atoms with Crippen LogP contribution in [0.15, 0.2) is 53.7 Å². The van der Waals surface area contributed by atoms with Gasteiger partial charge in [0.25, 0.3) is 0 Å². The van der Waals surface area contributed by atoms with Crippen molar-refractivity contribution in [3.8, 4) is 0 Å². The number of hydrogen-bond donors (Lipinski definition) is 2. The standard InChI is InChI=1S/C9H9BrO3S.C6H7N3/c1-14(12,13)8-4-2-7(3-5-8)9(11)6-10;7-6(8)5-2-1-3-9-4-5/h2-5H,6H2,1H3;1-4H,(H3,7,8). The Morgan fingerprint density at radius 1 is 1.22 bits per heavy atom. The fourth-order valence-electron chi connectivity index (χ4n) is 1.49. The van der Waals surface area contributed by atoms with Gasteiger partial charge >= 0.3 is 0 Å². The van der Waals surface area contributed by atoms with Crippen molar-refractivity contribution < 1.29 is 13.2 Å². The third kappa shape index (κ3) is 6.29. The average molecular weight is 398 g/mol. The number of nitrogens with zero attached hydrogens (tertiary/aromatic N) is 1. The van der Waals surface area contributed by atoms with Gasteiger partial charge in [0.15, 0.2) is 15.6 Å². The maximum Gasteiger partial charge on any atom is 0.175 e. The molecule has 1 aromatic carbocycles. The van der Waals surface area contributed by atoms with Gasteiger partial charge in [0.1, 0.15) is 5.84 Å². The average Bonchev–Trinajstić information content (AvgIpc) is 2.55. The van der Waals surface area contributed by atoms with Gasteiger partial charge in [-0.15, -0.1) is 0 Å². The van der Waals surface area contributed by atoms with Crippen LogP contribution in [0, 0.1) is 5.41 Å². The molecule has 0 aliphatic rings. The molecule has 0 radical (unpaired) electrons. The lowest BCUT2D eigenvalue weighted by Gasteiger charge is -1.99. The van der Waals surface area contributed by atoms with Crippen LogP contribution in [0.4, 0.5) is 0 Å². The fraction of sp³-hybridized carbons (Fsp3) is 0.133. The highest BCUT2D eigenvalue weighted by molar-refractivity contribution is 9.09. The molecule has 2 rings (SSSR count). The van der Waals surface area contributed by atoms with Gasteiger partial charge in [-0.05, 0) is 24.3 Å². The van der Waals surface area contributed by atoms with Crippen molar-refractivity contribution in [3.63, 3.8) is 0 Å². The van der Waals surface area contributed by atoms with Gasteiger partial charge in [0, 0.05) is 29.8 Å². The number of rotatable bonds is 4. The summed E-state index contributed by atoms with van der Waals surface area (Å²) in [6.45, 7) is 0. The number of nitrogens with two attached hydrogens (primary N) is 1. The van der Waals surface area contributed by atoms with Crippen molar-refractivity contribution in [1.29, 1.82) is 5.41 Å². The lowest BCUT2D eigenvalue weighted by atomic mass is 10.2. The van der Waals surface area contributed by atoms with Gasteiger partial charge in [-0.1, -0.05) is 28.1 Å². The van der Waals surface area contributed by atoms with E-state index in [0.29, 0.717) is 11.1 Å². The predicted molar refractivity (Wildman–Crippen MR) is 92.9 cm³/mol. The Balaban J connectivity index is 0.000000253. The smallest absolute Gasteiger partial charge is 0.175 e. The van der Waals surface area contributed by atoms with Crippen LogP contribution >= 0.6 is 15.9 Å². The van der Waals surface area contributed by atoms with Crippen LogP contribution in [0.1, 0.15) is 15.9 Å². The second-order valence-electron chi connectivity index (χ2n) is 4.51. The Kier molecular flexibility index (Phi) is 7.05. The van der Waals surface area contributed by atoms with Gasteiger partial charge in [0.2, 0.25) is 0 Å². The van der Waals surface area contributed by atoms with Crippen molar-refractivity contribution >= 4 is 37.4 Å². The molecule has 122 valence electrons. The molecule has 2 aromatic rings. The van der Waals surface area contributed by atoms with Crippen LogP contribution < -0.4 is 5.73 Å². The summed E-state index contributed by atoms with van der Waals surface area (Å²) in [5, 5.41) is 7.21. The molecule has 1 aromatic heterocycles. The van der Waals surface area contributed by atoms with Crippen LogP contribution in [0.2, 0.25) is 0 Å². The van der Waals surface area contributed by atoms with E-state index in [1.54, 1.807) is 24.5 Å². The van der Waals surface area contributed by atoms with E-state index in [0.717, 1.165) is 6.26 Å². The Hall–Kier alpha value is -2.06. The van der Waals surface area contributed by atoms with E-state index in [1.807, 2.05) is 0 Å². The molecular weight excluding hydrogens is 382 g/mol. The zero-order valence-electron chi connectivity index (χ0n) is 12.4. The number of carbonyl (C=O) groups is 1. The van der Waals surface area contributed by atoms with E-state index in [2.05, 4.69) is 20.9 Å². The molecule has 0 amide bonds. The molecule has 8 heteroatoms. The summed E-state index contributed by atoms with van der Waals surface area (Å²) in [5.74, 6) is -0.00634. The molecule has 23 heavy (non-hydrogen) atoms. The van der Waals surface area contributed by atoms with Gasteiger partial charge < -0.3 is 5.73 Å². The number of halogens is 1. The molecule has 0 saturated heterocycles. The molecule has 1 heterocycles. The zero-order chi connectivity index (χ0) is 17.5. The van der Waals surface area contributed by atoms with E-state index in [1.165, 1.54) is 24.3 Å². The Labute approximate surface area is 143 Å². The Morgan fingerprint density at radius 3 is 2.17 bits per heavy atom. The quantitative estimate of drug-likeness (QED) is 0.354. The zero-order valence-corrected chi connectivity index (χ0v) is 14.8. The number of amidine groups is 1. The molecule has 0 aliphatic carbocycles. The van der Waals surface area contributed by atoms with Crippen LogP contribution in [0.5, 0.6) is 0 Å². The van der Waals surface area contributed by atoms with Crippen LogP contribution in [0.25, 0.3) is 0 Å². The largest absolute Gasteiger partial charge is 0.384 e. The normalized spacial score (nSPS) is 10.3. The minimum atomic E-state index is -3.18. The summed E-state index contributed by atoms with van der Waals surface area (Å²) in [6.07, 6.45) is 4.34. The number of nitrogen functional groups attached to an aromatic ring is 1. The molecule has 0 fully saturated rings. The number of pyridine rings is 1. The van der Waals surface area contributed by atoms with E-state index in [4.69, 9.17) is 11.1 Å². The Bertz CT molecular complexity index is 775. The topological polar surface area (TPSA) is 114 Å². The van der Waals surface area contributed by atoms with E-state index < -0.39 is 9.84 Å². The molecule has 0 saturated carbocycles. The number of carbonyl (C=O) groups excluding carboxylic acids is 1. The minimum Gasteiger partial charge on any atom is -0.384 e. The molecule has 3 N–H and O–H groups in total. The van der Waals surface area contributed by atoms with E-state index in [-0.39, 0.29) is 21.8 Å². The van der Waals surface area contributed by atoms with Gasteiger partial charge in [-0.25, -0.2) is 8.42 Å². The summed E-state index contributed by atoms with van der Waals surface area (Å²) in [5.41, 5.74) is 6.33. The summed E-state index contributed by atoms with van der Waals surface area (Å²) in [4.78, 5) is 15.2. The molecule has 0 atom stereocenters. The maximum absolute atomic E-state index is 11.2. The first-order valence-electron chi connectivity index (χ1n) is 6.39. The number of hydrogen-bond acceptors (Lipinski definition) is 5. The van der Waals surface area contributed by atoms with Gasteiger partial charge in [-0.3, -0.25) is 15.2 Å². The fourth-order valence-corrected chi connectivity index (χ4v) is 2.44. The molecule has 0 unspecified atom stereocenters. The minimum absolute atomic E-state index is 0.0584. The predicted octanol–water partition coefficient (Wildman–Crippen LogP) is 2.03. The number of alkyl halides is 1. The lowest BCUT2D eigenvalue weighted by Crippen LogP contribution is -2.10. The van der Waals surface area contributed by atoms with Crippen molar-refractivity contribution in [2.45, 2.75) is 4.90 Å². The molecular formula is C15H16BrN3O3S. The molecule has 0 spiro atoms. The SMILES string of the molecule is CS(=O)(=O)c1ccc(C(=O)CBr)cc1.N=C(N)c1cccnc1. The lowest BCUT2D eigenvalue weighted by molar-refractivity contribution is 0.102. The number of aromatic nitrogens is 1. The van der Waals surface area contributed by atoms with Gasteiger partial charge in [0.05, 0.1) is 10.2 Å². The van der Waals surface area contributed by atoms with Crippen molar-refractivity contribution in [1.82, 2.24) is 4.98 Å². The first kappa shape index (κ1) is 19.0. The summed E-state index contributed by atoms with van der Waals surface area (Å²) in [7, 11) is -3.18.